The van der Waals surface area contributed by atoms with Crippen LogP contribution in [-0.2, 0) is 0 Å². The van der Waals surface area contributed by atoms with E-state index in [1.807, 2.05) is 0 Å². The van der Waals surface area contributed by atoms with E-state index in [9.17, 15) is 0 Å². The first-order valence-corrected chi connectivity index (χ1v) is 2.07. The summed E-state index contributed by atoms with van der Waals surface area (Å²) in [5, 5.41) is 0.731. The first-order valence-electron chi connectivity index (χ1n) is 1.63. The van der Waals surface area contributed by atoms with Crippen molar-refractivity contribution in [3.63, 3.8) is 0 Å². The lowest BCUT2D eigenvalue weighted by Gasteiger charge is -1.68. The molecule has 1 rings (SSSR count). The Bertz CT molecular complexity index is 103. The molecule has 0 amide bonds. The lowest BCUT2D eigenvalue weighted by molar-refractivity contribution is 1.11. The molecular weight excluding hydrogens is 96.1 g/mol. The molecule has 0 bridgehead atoms. The summed E-state index contributed by atoms with van der Waals surface area (Å²) in [4.78, 5) is 7.55. The van der Waals surface area contributed by atoms with Crippen molar-refractivity contribution in [2.75, 3.05) is 6.67 Å². The van der Waals surface area contributed by atoms with E-state index in [2.05, 4.69) is 22.6 Å². The van der Waals surface area contributed by atoms with Crippen molar-refractivity contribution in [1.29, 1.82) is 0 Å². The topological polar surface area (TPSA) is 24.7 Å². The molecule has 0 fully saturated rings. The predicted molar refractivity (Wildman–Crippen MR) is 29.8 cm³/mol. The molecule has 1 aliphatic heterocycles. The molecule has 0 saturated carbocycles. The van der Waals surface area contributed by atoms with E-state index >= 15 is 0 Å². The molecule has 6 heavy (non-hydrogen) atoms. The fraction of sp³-hybridized carbons (Fsp3) is 0.333. The van der Waals surface area contributed by atoms with Crippen LogP contribution in [0.15, 0.2) is 9.98 Å². The normalized spacial score (nSPS) is 18.5. The molecule has 0 radical (unpaired) electrons. The Morgan fingerprint density at radius 2 is 2.67 bits per heavy atom. The van der Waals surface area contributed by atoms with Gasteiger partial charge in [-0.1, -0.05) is 0 Å². The van der Waals surface area contributed by atoms with Gasteiger partial charge >= 0.3 is 0 Å². The summed E-state index contributed by atoms with van der Waals surface area (Å²) < 4.78 is 0. The molecule has 0 aliphatic carbocycles. The van der Waals surface area contributed by atoms with E-state index in [1.54, 1.807) is 6.21 Å². The van der Waals surface area contributed by atoms with Crippen LogP contribution >= 0.6 is 12.6 Å². The smallest absolute Gasteiger partial charge is 0.130 e. The number of nitrogens with zero attached hydrogens (tertiary/aromatic N) is 2. The maximum absolute atomic E-state index is 3.89. The van der Waals surface area contributed by atoms with E-state index < -0.39 is 0 Å². The van der Waals surface area contributed by atoms with Crippen molar-refractivity contribution in [1.82, 2.24) is 0 Å². The molecule has 2 nitrogen and oxygen atoms in total. The van der Waals surface area contributed by atoms with Gasteiger partial charge in [-0.05, 0) is 0 Å². The fourth-order valence-electron chi connectivity index (χ4n) is 0.277. The van der Waals surface area contributed by atoms with Crippen LogP contribution in [0.3, 0.4) is 0 Å². The van der Waals surface area contributed by atoms with Gasteiger partial charge in [-0.25, -0.2) is 0 Å². The summed E-state index contributed by atoms with van der Waals surface area (Å²) in [5.74, 6) is 0. The minimum atomic E-state index is 0.568. The van der Waals surface area contributed by atoms with Crippen LogP contribution in [-0.4, -0.2) is 17.9 Å². The Hall–Kier alpha value is -0.310. The highest BCUT2D eigenvalue weighted by Crippen LogP contribution is 1.88. The highest BCUT2D eigenvalue weighted by Gasteiger charge is 1.88. The van der Waals surface area contributed by atoms with Crippen LogP contribution in [0.2, 0.25) is 0 Å². The van der Waals surface area contributed by atoms with Gasteiger partial charge in [0, 0.05) is 0 Å². The Morgan fingerprint density at radius 3 is 2.83 bits per heavy atom. The van der Waals surface area contributed by atoms with Crippen molar-refractivity contribution < 1.29 is 0 Å². The zero-order valence-electron chi connectivity index (χ0n) is 3.13. The molecule has 0 atom stereocenters. The van der Waals surface area contributed by atoms with Crippen LogP contribution in [0.4, 0.5) is 0 Å². The van der Waals surface area contributed by atoms with Gasteiger partial charge in [-0.3, -0.25) is 9.98 Å². The molecule has 0 N–H and O–H groups in total. The molecule has 1 aliphatic rings. The highest BCUT2D eigenvalue weighted by molar-refractivity contribution is 7.99. The SMILES string of the molecule is SC1=NCN=C1. The number of hydrogen-bond acceptors (Lipinski definition) is 2. The van der Waals surface area contributed by atoms with Crippen LogP contribution in [0.5, 0.6) is 0 Å². The third-order valence-electron chi connectivity index (χ3n) is 0.521. The largest absolute Gasteiger partial charge is 0.267 e. The molecule has 0 saturated heterocycles. The number of hydrogen-bond donors (Lipinski definition) is 1. The van der Waals surface area contributed by atoms with Crippen molar-refractivity contribution >= 4 is 23.9 Å². The summed E-state index contributed by atoms with van der Waals surface area (Å²) in [5.41, 5.74) is 0. The quantitative estimate of drug-likeness (QED) is 0.425. The number of rotatable bonds is 0. The minimum Gasteiger partial charge on any atom is -0.267 e. The second-order valence-electron chi connectivity index (χ2n) is 0.969. The first-order chi connectivity index (χ1) is 2.89. The molecule has 1 heterocycles. The van der Waals surface area contributed by atoms with E-state index in [0.29, 0.717) is 6.67 Å². The lowest BCUT2D eigenvalue weighted by Crippen LogP contribution is -1.77. The minimum absolute atomic E-state index is 0.568. The van der Waals surface area contributed by atoms with Gasteiger partial charge in [-0.2, -0.15) is 0 Å². The van der Waals surface area contributed by atoms with E-state index in [-0.39, 0.29) is 0 Å². The van der Waals surface area contributed by atoms with E-state index in [1.165, 1.54) is 0 Å². The summed E-state index contributed by atoms with van der Waals surface area (Å²) >= 11 is 3.89. The highest BCUT2D eigenvalue weighted by atomic mass is 32.1. The van der Waals surface area contributed by atoms with Gasteiger partial charge in [0.25, 0.3) is 0 Å². The van der Waals surface area contributed by atoms with Crippen LogP contribution < -0.4 is 0 Å². The average molecular weight is 100 g/mol. The maximum atomic E-state index is 3.89. The molecule has 0 aromatic rings. The maximum Gasteiger partial charge on any atom is 0.130 e. The summed E-state index contributed by atoms with van der Waals surface area (Å²) in [6.07, 6.45) is 1.64. The zero-order chi connectivity index (χ0) is 4.41. The third kappa shape index (κ3) is 0.597. The van der Waals surface area contributed by atoms with E-state index in [0.717, 1.165) is 5.04 Å². The second kappa shape index (κ2) is 1.43. The van der Waals surface area contributed by atoms with Gasteiger partial charge in [-0.15, -0.1) is 12.6 Å². The van der Waals surface area contributed by atoms with Gasteiger partial charge in [0.05, 0.1) is 6.21 Å². The monoisotopic (exact) mass is 100 g/mol. The Balaban J connectivity index is 2.68. The molecule has 3 heteroatoms. The second-order valence-corrected chi connectivity index (χ2v) is 1.43. The number of aliphatic imine (C=N–C) groups is 2. The average Bonchev–Trinajstić information content (AvgIpc) is 1.86. The summed E-state index contributed by atoms with van der Waals surface area (Å²) in [6, 6.07) is 0. The third-order valence-corrected chi connectivity index (χ3v) is 0.778. The first kappa shape index (κ1) is 3.87. The van der Waals surface area contributed by atoms with Gasteiger partial charge in [0.15, 0.2) is 0 Å². The Labute approximate surface area is 41.4 Å². The van der Waals surface area contributed by atoms with Crippen LogP contribution in [0.1, 0.15) is 0 Å². The molecule has 32 valence electrons. The van der Waals surface area contributed by atoms with Crippen molar-refractivity contribution in [3.8, 4) is 0 Å². The summed E-state index contributed by atoms with van der Waals surface area (Å²) in [7, 11) is 0. The molecule has 0 aromatic carbocycles. The number of thiol groups is 1. The van der Waals surface area contributed by atoms with Crippen molar-refractivity contribution in [3.05, 3.63) is 0 Å². The van der Waals surface area contributed by atoms with Crippen molar-refractivity contribution in [2.45, 2.75) is 0 Å². The Kier molecular flexibility index (Phi) is 0.919. The standard InChI is InChI=1S/C3H4N2S/c6-3-1-4-2-5-3/h1H,2H2,(H,5,6). The van der Waals surface area contributed by atoms with Gasteiger partial charge in [0.2, 0.25) is 0 Å². The van der Waals surface area contributed by atoms with Gasteiger partial charge in [0.1, 0.15) is 11.7 Å². The molecular formula is C3H4N2S. The molecule has 0 spiro atoms. The van der Waals surface area contributed by atoms with E-state index in [4.69, 9.17) is 0 Å². The lowest BCUT2D eigenvalue weighted by atomic mass is 10.8. The summed E-state index contributed by atoms with van der Waals surface area (Å²) in [6.45, 7) is 0.568. The fourth-order valence-corrected chi connectivity index (χ4v) is 0.421. The van der Waals surface area contributed by atoms with Crippen LogP contribution in [0, 0.1) is 0 Å². The van der Waals surface area contributed by atoms with Gasteiger partial charge < -0.3 is 0 Å². The van der Waals surface area contributed by atoms with Crippen molar-refractivity contribution in [2.24, 2.45) is 9.98 Å². The molecule has 0 aromatic heterocycles. The predicted octanol–water partition coefficient (Wildman–Crippen LogP) is 0.357. The van der Waals surface area contributed by atoms with Crippen LogP contribution in [0.25, 0.3) is 0 Å². The Morgan fingerprint density at radius 1 is 1.83 bits per heavy atom. The molecule has 0 unspecified atom stereocenters. The zero-order valence-corrected chi connectivity index (χ0v) is 4.02.